The standard InChI is InChI=1S/BrH.HI.K.2Na.H2O/h2*1H;;;;1H2/q;;3*+1;/p-3. The fourth-order valence-electron chi connectivity index (χ4n) is 0. The second kappa shape index (κ2) is 32.9. The normalized spacial score (nSPS) is 0. The molecule has 1 N–H and O–H groups in total. The van der Waals surface area contributed by atoms with Crippen LogP contribution in [-0.2, 0) is 0 Å². The molecular weight excluding hydrogens is 308 g/mol. The number of hydrogen-bond donors (Lipinski definition) is 0. The third kappa shape index (κ3) is 23.2. The van der Waals surface area contributed by atoms with Crippen LogP contribution in [-0.4, -0.2) is 5.48 Å². The van der Waals surface area contributed by atoms with Gasteiger partial charge in [-0.25, -0.2) is 0 Å². The van der Waals surface area contributed by atoms with Crippen molar-refractivity contribution in [1.29, 1.82) is 0 Å². The van der Waals surface area contributed by atoms with Gasteiger partial charge < -0.3 is 46.4 Å². The molecule has 0 fully saturated rings. The van der Waals surface area contributed by atoms with E-state index in [9.17, 15) is 0 Å². The van der Waals surface area contributed by atoms with Crippen LogP contribution in [0, 0.1) is 0 Å². The Balaban J connectivity index is 0. The molecule has 0 aliphatic rings. The van der Waals surface area contributed by atoms with E-state index in [1.54, 1.807) is 0 Å². The van der Waals surface area contributed by atoms with Gasteiger partial charge in [0.05, 0.1) is 0 Å². The predicted molar refractivity (Wildman–Crippen MR) is 1.94 cm³/mol. The van der Waals surface area contributed by atoms with Crippen LogP contribution in [0.3, 0.4) is 0 Å². The Morgan fingerprint density at radius 3 is 0.833 bits per heavy atom. The zero-order valence-corrected chi connectivity index (χ0v) is 15.1. The van der Waals surface area contributed by atoms with E-state index in [0.717, 1.165) is 0 Å². The van der Waals surface area contributed by atoms with E-state index in [0.29, 0.717) is 0 Å². The van der Waals surface area contributed by atoms with Crippen LogP contribution in [0.1, 0.15) is 0 Å². The molecule has 0 unspecified atom stereocenters. The minimum absolute atomic E-state index is 0. The monoisotopic (exact) mass is 308 g/mol. The fraction of sp³-hybridized carbons (Fsp3) is 0. The average molecular weight is 309 g/mol. The van der Waals surface area contributed by atoms with Crippen LogP contribution in [0.2, 0.25) is 0 Å². The van der Waals surface area contributed by atoms with Gasteiger partial charge in [-0.15, -0.1) is 0 Å². The zero-order chi connectivity index (χ0) is 0. The molecule has 0 aliphatic heterocycles. The van der Waals surface area contributed by atoms with Crippen molar-refractivity contribution in [2.75, 3.05) is 0 Å². The van der Waals surface area contributed by atoms with Gasteiger partial charge in [-0.1, -0.05) is 0 Å². The molecule has 0 amide bonds. The Hall–Kier alpha value is 4.81. The van der Waals surface area contributed by atoms with E-state index in [1.165, 1.54) is 0 Å². The second-order valence-electron chi connectivity index (χ2n) is 0. The number of hydrogen-bond acceptors (Lipinski definition) is 1. The average Bonchev–Trinajstić information content (AvgIpc) is 0. The summed E-state index contributed by atoms with van der Waals surface area (Å²) in [5.74, 6) is 0. The molecular formula is HBrIKNa2O. The van der Waals surface area contributed by atoms with Gasteiger partial charge in [-0.05, 0) is 0 Å². The summed E-state index contributed by atoms with van der Waals surface area (Å²) >= 11 is 0. The zero-order valence-electron chi connectivity index (χ0n) is 4.20. The summed E-state index contributed by atoms with van der Waals surface area (Å²) in [6, 6.07) is 0. The van der Waals surface area contributed by atoms with Gasteiger partial charge in [-0.3, -0.25) is 0 Å². The first-order chi connectivity index (χ1) is 0. The molecule has 0 aromatic carbocycles. The largest absolute Gasteiger partial charge is 1.00 e. The molecule has 1 nitrogen and oxygen atoms in total. The molecule has 0 saturated carbocycles. The predicted octanol–water partition coefficient (Wildman–Crippen LogP) is -15.2. The van der Waals surface area contributed by atoms with Gasteiger partial charge in [0, 0.05) is 0 Å². The first-order valence-electron chi connectivity index (χ1n) is 0. The van der Waals surface area contributed by atoms with E-state index >= 15 is 0 Å². The van der Waals surface area contributed by atoms with Crippen LogP contribution in [0.4, 0.5) is 0 Å². The molecule has 24 valence electrons. The van der Waals surface area contributed by atoms with Crippen molar-refractivity contribution in [1.82, 2.24) is 0 Å². The van der Waals surface area contributed by atoms with Crippen molar-refractivity contribution >= 4 is 0 Å². The number of halogens is 2. The summed E-state index contributed by atoms with van der Waals surface area (Å²) in [6.07, 6.45) is 0. The van der Waals surface area contributed by atoms with Crippen LogP contribution in [0.5, 0.6) is 0 Å². The van der Waals surface area contributed by atoms with Crippen molar-refractivity contribution in [2.45, 2.75) is 0 Å². The maximum atomic E-state index is 0. The Morgan fingerprint density at radius 2 is 0.833 bits per heavy atom. The molecule has 0 bridgehead atoms. The Morgan fingerprint density at radius 1 is 0.833 bits per heavy atom. The van der Waals surface area contributed by atoms with Gasteiger partial charge in [0.1, 0.15) is 0 Å². The molecule has 6 heavy (non-hydrogen) atoms. The molecule has 0 saturated heterocycles. The summed E-state index contributed by atoms with van der Waals surface area (Å²) in [6.45, 7) is 0. The molecule has 6 heteroatoms. The quantitative estimate of drug-likeness (QED) is 0.323. The molecule has 0 radical (unpaired) electrons. The summed E-state index contributed by atoms with van der Waals surface area (Å²) in [7, 11) is 0. The van der Waals surface area contributed by atoms with Crippen molar-refractivity contribution < 1.29 is 157 Å². The number of rotatable bonds is 0. The minimum atomic E-state index is 0. The molecule has 0 aromatic rings. The summed E-state index contributed by atoms with van der Waals surface area (Å²) in [5, 5.41) is 0. The maximum absolute atomic E-state index is 0. The van der Waals surface area contributed by atoms with Gasteiger partial charge in [0.15, 0.2) is 0 Å². The maximum Gasteiger partial charge on any atom is 1.00 e. The molecule has 0 aromatic heterocycles. The summed E-state index contributed by atoms with van der Waals surface area (Å²) in [5.41, 5.74) is 0. The van der Waals surface area contributed by atoms with E-state index in [-0.39, 0.29) is 157 Å². The van der Waals surface area contributed by atoms with Gasteiger partial charge in [-0.2, -0.15) is 0 Å². The molecule has 0 heterocycles. The van der Waals surface area contributed by atoms with E-state index < -0.39 is 0 Å². The third-order valence-corrected chi connectivity index (χ3v) is 0. The van der Waals surface area contributed by atoms with E-state index in [1.807, 2.05) is 0 Å². The Labute approximate surface area is 152 Å². The third-order valence-electron chi connectivity index (χ3n) is 0. The van der Waals surface area contributed by atoms with Crippen LogP contribution < -0.4 is 151 Å². The van der Waals surface area contributed by atoms with Crippen LogP contribution in [0.15, 0.2) is 0 Å². The van der Waals surface area contributed by atoms with Crippen molar-refractivity contribution in [3.05, 3.63) is 0 Å². The fourth-order valence-corrected chi connectivity index (χ4v) is 0. The first-order valence-corrected chi connectivity index (χ1v) is 0. The van der Waals surface area contributed by atoms with Crippen molar-refractivity contribution in [3.63, 3.8) is 0 Å². The van der Waals surface area contributed by atoms with Gasteiger partial charge in [0.25, 0.3) is 0 Å². The minimum Gasteiger partial charge on any atom is -1.00 e. The van der Waals surface area contributed by atoms with Crippen LogP contribution >= 0.6 is 0 Å². The molecule has 0 spiro atoms. The van der Waals surface area contributed by atoms with Gasteiger partial charge in [0.2, 0.25) is 0 Å². The summed E-state index contributed by atoms with van der Waals surface area (Å²) in [4.78, 5) is 0. The first kappa shape index (κ1) is 45.0. The van der Waals surface area contributed by atoms with Crippen molar-refractivity contribution in [2.24, 2.45) is 0 Å². The second-order valence-corrected chi connectivity index (χ2v) is 0. The molecule has 0 atom stereocenters. The van der Waals surface area contributed by atoms with E-state index in [4.69, 9.17) is 0 Å². The molecule has 0 aliphatic carbocycles. The van der Waals surface area contributed by atoms with Gasteiger partial charge >= 0.3 is 110 Å². The summed E-state index contributed by atoms with van der Waals surface area (Å²) < 4.78 is 0. The Bertz CT molecular complexity index is 13.5. The smallest absolute Gasteiger partial charge is 1.00 e. The van der Waals surface area contributed by atoms with Crippen molar-refractivity contribution in [3.8, 4) is 0 Å². The SMILES string of the molecule is [Br-].[I-].[K+].[Na+].[Na+].[OH-]. The topological polar surface area (TPSA) is 30.0 Å². The Kier molecular flexibility index (Phi) is 247. The van der Waals surface area contributed by atoms with Crippen LogP contribution in [0.25, 0.3) is 0 Å². The van der Waals surface area contributed by atoms with E-state index in [2.05, 4.69) is 0 Å². The molecule has 0 rings (SSSR count).